The highest BCUT2D eigenvalue weighted by Gasteiger charge is 2.28. The predicted octanol–water partition coefficient (Wildman–Crippen LogP) is 4.48. The number of benzene rings is 2. The molecule has 170 valence electrons. The summed E-state index contributed by atoms with van der Waals surface area (Å²) in [6.45, 7) is 7.65. The molecule has 0 aliphatic heterocycles. The van der Waals surface area contributed by atoms with Crippen LogP contribution in [0.2, 0.25) is 0 Å². The molecule has 0 bridgehead atoms. The van der Waals surface area contributed by atoms with Gasteiger partial charge < -0.3 is 10.2 Å². The van der Waals surface area contributed by atoms with E-state index in [1.807, 2.05) is 51.0 Å². The monoisotopic (exact) mass is 449 g/mol. The molecule has 0 atom stereocenters. The van der Waals surface area contributed by atoms with E-state index in [1.165, 1.54) is 16.4 Å². The van der Waals surface area contributed by atoms with Crippen molar-refractivity contribution < 1.29 is 17.6 Å². The molecule has 0 radical (unpaired) electrons. The van der Waals surface area contributed by atoms with Gasteiger partial charge in [-0.05, 0) is 67.8 Å². The molecule has 6 nitrogen and oxygen atoms in total. The molecule has 0 aliphatic rings. The minimum atomic E-state index is -3.85. The first-order chi connectivity index (χ1) is 14.4. The average molecular weight is 450 g/mol. The van der Waals surface area contributed by atoms with Crippen molar-refractivity contribution in [3.05, 3.63) is 53.8 Å². The fourth-order valence-electron chi connectivity index (χ4n) is 3.26. The van der Waals surface area contributed by atoms with Gasteiger partial charge in [0.05, 0.1) is 4.90 Å². The maximum Gasteiger partial charge on any atom is 0.243 e. The number of anilines is 2. The molecular formula is C23H32FN3O3S. The third-order valence-corrected chi connectivity index (χ3v) is 6.80. The Morgan fingerprint density at radius 1 is 1.03 bits per heavy atom. The van der Waals surface area contributed by atoms with Gasteiger partial charge >= 0.3 is 0 Å². The van der Waals surface area contributed by atoms with Gasteiger partial charge in [-0.3, -0.25) is 4.79 Å². The van der Waals surface area contributed by atoms with Crippen LogP contribution in [-0.4, -0.2) is 38.8 Å². The maximum atomic E-state index is 13.3. The van der Waals surface area contributed by atoms with Gasteiger partial charge in [0, 0.05) is 44.5 Å². The lowest BCUT2D eigenvalue weighted by molar-refractivity contribution is -0.116. The molecule has 1 N–H and O–H groups in total. The molecule has 2 aromatic rings. The average Bonchev–Trinajstić information content (AvgIpc) is 2.65. The van der Waals surface area contributed by atoms with Gasteiger partial charge in [-0.2, -0.15) is 4.31 Å². The standard InChI is InChI=1S/C23H32FN3O3S/c1-16(2)13-23(28)25-20-9-12-22(26(5)6)18(14-20)15-27(17(3)4)31(29,30)21-10-7-19(24)8-11-21/h7-12,14,16-17H,13,15H2,1-6H3,(H,25,28). The second-order valence-electron chi connectivity index (χ2n) is 8.48. The Balaban J connectivity index is 2.42. The van der Waals surface area contributed by atoms with Gasteiger partial charge in [0.1, 0.15) is 5.82 Å². The van der Waals surface area contributed by atoms with Crippen LogP contribution in [0.15, 0.2) is 47.4 Å². The van der Waals surface area contributed by atoms with E-state index >= 15 is 0 Å². The Bertz CT molecular complexity index is 1000. The lowest BCUT2D eigenvalue weighted by Crippen LogP contribution is -2.36. The summed E-state index contributed by atoms with van der Waals surface area (Å²) in [4.78, 5) is 14.1. The summed E-state index contributed by atoms with van der Waals surface area (Å²) in [5.74, 6) is -0.342. The number of hydrogen-bond donors (Lipinski definition) is 1. The molecule has 0 heterocycles. The Hall–Kier alpha value is -2.45. The quantitative estimate of drug-likeness (QED) is 0.613. The van der Waals surface area contributed by atoms with Crippen molar-refractivity contribution in [2.75, 3.05) is 24.3 Å². The van der Waals surface area contributed by atoms with E-state index in [4.69, 9.17) is 0 Å². The van der Waals surface area contributed by atoms with Gasteiger partial charge in [-0.25, -0.2) is 12.8 Å². The van der Waals surface area contributed by atoms with E-state index in [1.54, 1.807) is 13.8 Å². The van der Waals surface area contributed by atoms with Crippen molar-refractivity contribution in [2.24, 2.45) is 5.92 Å². The van der Waals surface area contributed by atoms with Crippen LogP contribution < -0.4 is 10.2 Å². The van der Waals surface area contributed by atoms with Gasteiger partial charge in [0.2, 0.25) is 15.9 Å². The highest BCUT2D eigenvalue weighted by Crippen LogP contribution is 2.28. The second-order valence-corrected chi connectivity index (χ2v) is 10.4. The maximum absolute atomic E-state index is 13.3. The zero-order valence-electron chi connectivity index (χ0n) is 19.0. The van der Waals surface area contributed by atoms with E-state index in [0.29, 0.717) is 12.1 Å². The molecule has 0 aliphatic carbocycles. The normalized spacial score (nSPS) is 11.9. The van der Waals surface area contributed by atoms with E-state index in [9.17, 15) is 17.6 Å². The predicted molar refractivity (Wildman–Crippen MR) is 123 cm³/mol. The third-order valence-electron chi connectivity index (χ3n) is 4.76. The van der Waals surface area contributed by atoms with Gasteiger partial charge in [0.15, 0.2) is 0 Å². The van der Waals surface area contributed by atoms with Crippen LogP contribution in [0, 0.1) is 11.7 Å². The highest BCUT2D eigenvalue weighted by molar-refractivity contribution is 7.89. The van der Waals surface area contributed by atoms with Crippen LogP contribution >= 0.6 is 0 Å². The van der Waals surface area contributed by atoms with E-state index < -0.39 is 15.8 Å². The first-order valence-corrected chi connectivity index (χ1v) is 11.7. The van der Waals surface area contributed by atoms with Crippen molar-refractivity contribution in [2.45, 2.75) is 51.6 Å². The van der Waals surface area contributed by atoms with E-state index in [-0.39, 0.29) is 29.3 Å². The minimum absolute atomic E-state index is 0.0374. The first-order valence-electron chi connectivity index (χ1n) is 10.3. The minimum Gasteiger partial charge on any atom is -0.377 e. The number of nitrogens with zero attached hydrogens (tertiary/aromatic N) is 2. The fraction of sp³-hybridized carbons (Fsp3) is 0.435. The van der Waals surface area contributed by atoms with Crippen LogP contribution in [0.25, 0.3) is 0 Å². The lowest BCUT2D eigenvalue weighted by Gasteiger charge is -2.28. The van der Waals surface area contributed by atoms with Crippen molar-refractivity contribution in [1.82, 2.24) is 4.31 Å². The number of halogens is 1. The van der Waals surface area contributed by atoms with Gasteiger partial charge in [0.25, 0.3) is 0 Å². The van der Waals surface area contributed by atoms with E-state index in [0.717, 1.165) is 23.4 Å². The molecule has 0 unspecified atom stereocenters. The van der Waals surface area contributed by atoms with Crippen molar-refractivity contribution in [1.29, 1.82) is 0 Å². The third kappa shape index (κ3) is 6.51. The number of carbonyl (C=O) groups excluding carboxylic acids is 1. The summed E-state index contributed by atoms with van der Waals surface area (Å²) in [7, 11) is -0.0907. The van der Waals surface area contributed by atoms with E-state index in [2.05, 4.69) is 5.32 Å². The molecule has 0 fully saturated rings. The SMILES string of the molecule is CC(C)CC(=O)Nc1ccc(N(C)C)c(CN(C(C)C)S(=O)(=O)c2ccc(F)cc2)c1. The molecule has 1 amide bonds. The van der Waals surface area contributed by atoms with Crippen molar-refractivity contribution >= 4 is 27.3 Å². The number of sulfonamides is 1. The highest BCUT2D eigenvalue weighted by atomic mass is 32.2. The van der Waals surface area contributed by atoms with Crippen molar-refractivity contribution in [3.8, 4) is 0 Å². The summed E-state index contributed by atoms with van der Waals surface area (Å²) in [5.41, 5.74) is 2.22. The summed E-state index contributed by atoms with van der Waals surface area (Å²) in [6.07, 6.45) is 0.405. The van der Waals surface area contributed by atoms with Crippen LogP contribution in [-0.2, 0) is 21.4 Å². The molecule has 0 aromatic heterocycles. The lowest BCUT2D eigenvalue weighted by atomic mass is 10.1. The number of hydrogen-bond acceptors (Lipinski definition) is 4. The fourth-order valence-corrected chi connectivity index (χ4v) is 4.88. The molecule has 0 saturated heterocycles. The topological polar surface area (TPSA) is 69.7 Å². The smallest absolute Gasteiger partial charge is 0.243 e. The number of carbonyl (C=O) groups is 1. The van der Waals surface area contributed by atoms with Gasteiger partial charge in [-0.15, -0.1) is 0 Å². The first kappa shape index (κ1) is 24.8. The summed E-state index contributed by atoms with van der Waals surface area (Å²) in [6, 6.07) is 9.98. The summed E-state index contributed by atoms with van der Waals surface area (Å²) >= 11 is 0. The summed E-state index contributed by atoms with van der Waals surface area (Å²) < 4.78 is 41.2. The van der Waals surface area contributed by atoms with Gasteiger partial charge in [-0.1, -0.05) is 13.8 Å². The van der Waals surface area contributed by atoms with Crippen LogP contribution in [0.1, 0.15) is 39.7 Å². The van der Waals surface area contributed by atoms with Crippen LogP contribution in [0.3, 0.4) is 0 Å². The zero-order valence-corrected chi connectivity index (χ0v) is 19.8. The number of nitrogens with one attached hydrogen (secondary N) is 1. The second kappa shape index (κ2) is 10.2. The number of rotatable bonds is 9. The molecular weight excluding hydrogens is 417 g/mol. The van der Waals surface area contributed by atoms with Crippen LogP contribution in [0.5, 0.6) is 0 Å². The largest absolute Gasteiger partial charge is 0.377 e. The molecule has 31 heavy (non-hydrogen) atoms. The molecule has 2 rings (SSSR count). The summed E-state index contributed by atoms with van der Waals surface area (Å²) in [5, 5.41) is 2.89. The Kier molecular flexibility index (Phi) is 8.20. The Morgan fingerprint density at radius 3 is 2.16 bits per heavy atom. The van der Waals surface area contributed by atoms with Crippen molar-refractivity contribution in [3.63, 3.8) is 0 Å². The molecule has 0 saturated carbocycles. The number of amides is 1. The zero-order chi connectivity index (χ0) is 23.3. The molecule has 2 aromatic carbocycles. The van der Waals surface area contributed by atoms with Crippen LogP contribution in [0.4, 0.5) is 15.8 Å². The molecule has 8 heteroatoms. The Morgan fingerprint density at radius 2 is 1.65 bits per heavy atom. The Labute approximate surface area is 185 Å². The molecule has 0 spiro atoms.